The quantitative estimate of drug-likeness (QED) is 0.848. The molecule has 1 saturated heterocycles. The Bertz CT molecular complexity index is 926. The third-order valence-electron chi connectivity index (χ3n) is 6.32. The number of nitrogen functional groups attached to an aromatic ring is 1. The number of piperazine rings is 1. The van der Waals surface area contributed by atoms with E-state index in [2.05, 4.69) is 14.8 Å². The maximum atomic E-state index is 12.3. The molecule has 2 aliphatic rings. The predicted octanol–water partition coefficient (Wildman–Crippen LogP) is 2.60. The number of amides is 1. The second-order valence-electron chi connectivity index (χ2n) is 8.01. The van der Waals surface area contributed by atoms with Crippen LogP contribution < -0.4 is 20.1 Å². The summed E-state index contributed by atoms with van der Waals surface area (Å²) in [5.74, 6) is 2.38. The molecular formula is C21H29N5O3. The van der Waals surface area contributed by atoms with Crippen LogP contribution in [0, 0.1) is 0 Å². The molecule has 156 valence electrons. The highest BCUT2D eigenvalue weighted by molar-refractivity contribution is 5.91. The Hall–Kier alpha value is -2.77. The average molecular weight is 399 g/mol. The Labute approximate surface area is 171 Å². The summed E-state index contributed by atoms with van der Waals surface area (Å²) < 4.78 is 10.8. The van der Waals surface area contributed by atoms with Crippen molar-refractivity contribution in [1.82, 2.24) is 14.9 Å². The number of benzene rings is 1. The molecule has 1 aromatic heterocycles. The van der Waals surface area contributed by atoms with Crippen molar-refractivity contribution < 1.29 is 14.3 Å². The highest BCUT2D eigenvalue weighted by Gasteiger charge is 2.44. The third-order valence-corrected chi connectivity index (χ3v) is 6.32. The topological polar surface area (TPSA) is 93.8 Å². The van der Waals surface area contributed by atoms with Crippen molar-refractivity contribution in [3.05, 3.63) is 12.1 Å². The van der Waals surface area contributed by atoms with Crippen molar-refractivity contribution in [1.29, 1.82) is 0 Å². The molecule has 2 fully saturated rings. The lowest BCUT2D eigenvalue weighted by molar-refractivity contribution is -0.137. The number of nitrogens with zero attached hydrogens (tertiary/aromatic N) is 4. The van der Waals surface area contributed by atoms with Crippen LogP contribution in [0.3, 0.4) is 0 Å². The van der Waals surface area contributed by atoms with Crippen molar-refractivity contribution in [3.8, 4) is 11.5 Å². The first-order chi connectivity index (χ1) is 14.0. The minimum Gasteiger partial charge on any atom is -0.493 e. The van der Waals surface area contributed by atoms with Crippen LogP contribution in [0.5, 0.6) is 11.5 Å². The number of carbonyl (C=O) groups is 1. The van der Waals surface area contributed by atoms with E-state index in [4.69, 9.17) is 20.2 Å². The number of hydrogen-bond donors (Lipinski definition) is 1. The van der Waals surface area contributed by atoms with Crippen LogP contribution in [0.2, 0.25) is 0 Å². The van der Waals surface area contributed by atoms with E-state index in [-0.39, 0.29) is 11.4 Å². The SMILES string of the molecule is COc1cc2nc(N3CCN(C(C)=O)C4(CCCCC4)C3)nc(N)c2cc1OC. The summed E-state index contributed by atoms with van der Waals surface area (Å²) in [4.78, 5) is 25.9. The predicted molar refractivity (Wildman–Crippen MR) is 112 cm³/mol. The lowest BCUT2D eigenvalue weighted by Crippen LogP contribution is -2.64. The summed E-state index contributed by atoms with van der Waals surface area (Å²) in [5, 5.41) is 0.737. The number of hydrogen-bond acceptors (Lipinski definition) is 7. The Morgan fingerprint density at radius 1 is 1.07 bits per heavy atom. The van der Waals surface area contributed by atoms with Crippen LogP contribution >= 0.6 is 0 Å². The van der Waals surface area contributed by atoms with E-state index in [1.807, 2.05) is 12.1 Å². The van der Waals surface area contributed by atoms with Crippen molar-refractivity contribution in [2.24, 2.45) is 0 Å². The monoisotopic (exact) mass is 399 g/mol. The lowest BCUT2D eigenvalue weighted by atomic mass is 9.78. The normalized spacial score (nSPS) is 18.9. The number of rotatable bonds is 3. The molecule has 8 heteroatoms. The van der Waals surface area contributed by atoms with Crippen LogP contribution in [0.4, 0.5) is 11.8 Å². The summed E-state index contributed by atoms with van der Waals surface area (Å²) in [6.45, 7) is 3.79. The van der Waals surface area contributed by atoms with Gasteiger partial charge in [0.25, 0.3) is 0 Å². The molecule has 1 amide bonds. The maximum absolute atomic E-state index is 12.3. The highest BCUT2D eigenvalue weighted by atomic mass is 16.5. The number of carbonyl (C=O) groups excluding carboxylic acids is 1. The number of fused-ring (bicyclic) bond motifs is 1. The zero-order chi connectivity index (χ0) is 20.6. The number of anilines is 2. The average Bonchev–Trinajstić information content (AvgIpc) is 2.73. The summed E-state index contributed by atoms with van der Waals surface area (Å²) in [6, 6.07) is 3.64. The Kier molecular flexibility index (Phi) is 5.10. The fourth-order valence-corrected chi connectivity index (χ4v) is 4.89. The summed E-state index contributed by atoms with van der Waals surface area (Å²) in [6.07, 6.45) is 5.58. The summed E-state index contributed by atoms with van der Waals surface area (Å²) in [7, 11) is 3.19. The second kappa shape index (κ2) is 7.57. The number of nitrogens with two attached hydrogens (primary N) is 1. The van der Waals surface area contributed by atoms with Gasteiger partial charge in [-0.15, -0.1) is 0 Å². The van der Waals surface area contributed by atoms with Crippen LogP contribution in [0.1, 0.15) is 39.0 Å². The minimum atomic E-state index is -0.132. The van der Waals surface area contributed by atoms with Crippen LogP contribution in [0.15, 0.2) is 12.1 Å². The Morgan fingerprint density at radius 3 is 2.41 bits per heavy atom. The largest absolute Gasteiger partial charge is 0.493 e. The van der Waals surface area contributed by atoms with Crippen LogP contribution in [0.25, 0.3) is 10.9 Å². The Morgan fingerprint density at radius 2 is 1.76 bits per heavy atom. The highest BCUT2D eigenvalue weighted by Crippen LogP contribution is 2.39. The first-order valence-electron chi connectivity index (χ1n) is 10.2. The number of ether oxygens (including phenoxy) is 2. The molecule has 2 N–H and O–H groups in total. The molecule has 0 atom stereocenters. The van der Waals surface area contributed by atoms with E-state index in [0.717, 1.165) is 43.1 Å². The van der Waals surface area contributed by atoms with Crippen molar-refractivity contribution >= 4 is 28.6 Å². The fourth-order valence-electron chi connectivity index (χ4n) is 4.89. The van der Waals surface area contributed by atoms with E-state index in [9.17, 15) is 4.79 Å². The van der Waals surface area contributed by atoms with Gasteiger partial charge in [0.1, 0.15) is 5.82 Å². The molecule has 1 spiro atoms. The molecule has 0 radical (unpaired) electrons. The van der Waals surface area contributed by atoms with E-state index < -0.39 is 0 Å². The van der Waals surface area contributed by atoms with Gasteiger partial charge in [0.15, 0.2) is 11.5 Å². The molecule has 2 aromatic rings. The van der Waals surface area contributed by atoms with Gasteiger partial charge in [-0.05, 0) is 18.9 Å². The van der Waals surface area contributed by atoms with Gasteiger partial charge >= 0.3 is 0 Å². The maximum Gasteiger partial charge on any atom is 0.228 e. The van der Waals surface area contributed by atoms with Gasteiger partial charge in [-0.25, -0.2) is 4.98 Å². The van der Waals surface area contributed by atoms with E-state index in [0.29, 0.717) is 36.4 Å². The molecule has 0 unspecified atom stereocenters. The molecule has 4 rings (SSSR count). The van der Waals surface area contributed by atoms with Crippen molar-refractivity contribution in [2.75, 3.05) is 44.5 Å². The van der Waals surface area contributed by atoms with Crippen LogP contribution in [-0.4, -0.2) is 60.2 Å². The smallest absolute Gasteiger partial charge is 0.228 e. The number of methoxy groups -OCH3 is 2. The standard InChI is InChI=1S/C21H29N5O3/c1-14(27)26-10-9-25(13-21(26)7-5-4-6-8-21)20-23-16-12-18(29-3)17(28-2)11-15(16)19(22)24-20/h11-12H,4-10,13H2,1-3H3,(H2,22,23,24). The van der Waals surface area contributed by atoms with Gasteiger partial charge in [-0.3, -0.25) is 4.79 Å². The van der Waals surface area contributed by atoms with Gasteiger partial charge in [-0.2, -0.15) is 4.98 Å². The molecule has 1 aromatic carbocycles. The van der Waals surface area contributed by atoms with Gasteiger partial charge in [0.05, 0.1) is 25.3 Å². The zero-order valence-corrected chi connectivity index (χ0v) is 17.4. The molecule has 1 aliphatic carbocycles. The first-order valence-corrected chi connectivity index (χ1v) is 10.2. The number of aromatic nitrogens is 2. The summed E-state index contributed by atoms with van der Waals surface area (Å²) >= 11 is 0. The van der Waals surface area contributed by atoms with Gasteiger partial charge in [-0.1, -0.05) is 19.3 Å². The second-order valence-corrected chi connectivity index (χ2v) is 8.01. The van der Waals surface area contributed by atoms with E-state index in [1.165, 1.54) is 6.42 Å². The molecule has 1 saturated carbocycles. The van der Waals surface area contributed by atoms with Gasteiger partial charge in [0.2, 0.25) is 11.9 Å². The molecule has 8 nitrogen and oxygen atoms in total. The summed E-state index contributed by atoms with van der Waals surface area (Å²) in [5.41, 5.74) is 6.87. The molecule has 29 heavy (non-hydrogen) atoms. The molecule has 0 bridgehead atoms. The molecular weight excluding hydrogens is 370 g/mol. The van der Waals surface area contributed by atoms with Gasteiger partial charge < -0.3 is 25.0 Å². The fraction of sp³-hybridized carbons (Fsp3) is 0.571. The van der Waals surface area contributed by atoms with E-state index >= 15 is 0 Å². The minimum absolute atomic E-state index is 0.132. The first kappa shape index (κ1) is 19.5. The lowest BCUT2D eigenvalue weighted by Gasteiger charge is -2.52. The van der Waals surface area contributed by atoms with Crippen molar-refractivity contribution in [3.63, 3.8) is 0 Å². The third kappa shape index (κ3) is 3.41. The Balaban J connectivity index is 1.71. The van der Waals surface area contributed by atoms with E-state index in [1.54, 1.807) is 21.1 Å². The zero-order valence-electron chi connectivity index (χ0n) is 17.4. The van der Waals surface area contributed by atoms with Crippen LogP contribution in [-0.2, 0) is 4.79 Å². The molecule has 2 heterocycles. The van der Waals surface area contributed by atoms with Crippen molar-refractivity contribution in [2.45, 2.75) is 44.6 Å². The molecule has 1 aliphatic heterocycles. The van der Waals surface area contributed by atoms with Gasteiger partial charge in [0, 0.05) is 38.0 Å².